The van der Waals surface area contributed by atoms with Crippen LogP contribution in [-0.4, -0.2) is 114 Å². The van der Waals surface area contributed by atoms with E-state index in [9.17, 15) is 21.6 Å². The molecule has 0 bridgehead atoms. The first-order chi connectivity index (χ1) is 29.4. The van der Waals surface area contributed by atoms with Crippen LogP contribution in [0.5, 0.6) is 0 Å². The third-order valence-electron chi connectivity index (χ3n) is 12.7. The van der Waals surface area contributed by atoms with Gasteiger partial charge in [0.25, 0.3) is 9.84 Å². The van der Waals surface area contributed by atoms with E-state index in [0.29, 0.717) is 49.3 Å². The largest absolute Gasteiger partial charge is 0.501 e. The number of piperazine rings is 1. The molecule has 1 unspecified atom stereocenters. The van der Waals surface area contributed by atoms with Gasteiger partial charge in [-0.05, 0) is 108 Å². The topological polar surface area (TPSA) is 77.2 Å². The highest BCUT2D eigenvalue weighted by molar-refractivity contribution is 7.99. The van der Waals surface area contributed by atoms with Crippen LogP contribution >= 0.6 is 23.4 Å². The van der Waals surface area contributed by atoms with Crippen LogP contribution in [0.25, 0.3) is 5.57 Å². The monoisotopic (exact) mass is 893 g/mol. The van der Waals surface area contributed by atoms with E-state index in [1.807, 2.05) is 54.6 Å². The highest BCUT2D eigenvalue weighted by Crippen LogP contribution is 2.45. The Bertz CT molecular complexity index is 2230. The van der Waals surface area contributed by atoms with Crippen molar-refractivity contribution < 1.29 is 26.3 Å². The van der Waals surface area contributed by atoms with E-state index in [0.717, 1.165) is 92.9 Å². The van der Waals surface area contributed by atoms with E-state index < -0.39 is 20.2 Å². The first-order valence-electron chi connectivity index (χ1n) is 21.4. The minimum Gasteiger partial charge on any atom is -0.380 e. The van der Waals surface area contributed by atoms with E-state index in [-0.39, 0.29) is 11.7 Å². The van der Waals surface area contributed by atoms with Gasteiger partial charge in [-0.2, -0.15) is 13.2 Å². The summed E-state index contributed by atoms with van der Waals surface area (Å²) in [6.45, 7) is 10.4. The number of rotatable bonds is 15. The zero-order valence-electron chi connectivity index (χ0n) is 34.4. The quantitative estimate of drug-likeness (QED) is 0.114. The number of nitrogens with one attached hydrogen (secondary N) is 2. The third kappa shape index (κ3) is 11.0. The number of thioether (sulfide) groups is 1. The lowest BCUT2D eigenvalue weighted by atomic mass is 9.67. The Labute approximate surface area is 367 Å². The number of sulfone groups is 1. The molecule has 3 saturated heterocycles. The van der Waals surface area contributed by atoms with Crippen molar-refractivity contribution in [3.63, 3.8) is 0 Å². The summed E-state index contributed by atoms with van der Waals surface area (Å²) in [5, 5.41) is 7.51. The summed E-state index contributed by atoms with van der Waals surface area (Å²) in [4.78, 5) is 7.51. The molecule has 2 N–H and O–H groups in total. The van der Waals surface area contributed by atoms with Crippen LogP contribution in [0, 0.1) is 5.41 Å². The number of halogens is 4. The van der Waals surface area contributed by atoms with Crippen LogP contribution in [0.1, 0.15) is 42.4 Å². The summed E-state index contributed by atoms with van der Waals surface area (Å²) in [6, 6.07) is 30.3. The van der Waals surface area contributed by atoms with Crippen molar-refractivity contribution in [3.8, 4) is 0 Å². The van der Waals surface area contributed by atoms with Crippen molar-refractivity contribution in [2.75, 3.05) is 94.6 Å². The Morgan fingerprint density at radius 3 is 2.23 bits per heavy atom. The second-order valence-corrected chi connectivity index (χ2v) is 20.4. The number of anilines is 2. The van der Waals surface area contributed by atoms with Gasteiger partial charge in [0.2, 0.25) is 0 Å². The number of morpholine rings is 1. The van der Waals surface area contributed by atoms with Gasteiger partial charge >= 0.3 is 5.51 Å². The smallest absolute Gasteiger partial charge is 0.380 e. The van der Waals surface area contributed by atoms with E-state index in [4.69, 9.17) is 16.3 Å². The number of allylic oxidation sites excluding steroid dienone is 1. The molecule has 61 heavy (non-hydrogen) atoms. The Morgan fingerprint density at radius 1 is 0.852 bits per heavy atom. The molecule has 1 aliphatic carbocycles. The number of nitrogens with zero attached hydrogens (tertiary/aromatic N) is 3. The summed E-state index contributed by atoms with van der Waals surface area (Å²) in [6.07, 6.45) is 4.35. The Balaban J connectivity index is 0.927. The molecule has 14 heteroatoms. The molecule has 0 aromatic heterocycles. The summed E-state index contributed by atoms with van der Waals surface area (Å²) in [7, 11) is -5.65. The van der Waals surface area contributed by atoms with Gasteiger partial charge in [-0.25, -0.2) is 8.42 Å². The van der Waals surface area contributed by atoms with Crippen molar-refractivity contribution in [1.29, 1.82) is 0 Å². The highest BCUT2D eigenvalue weighted by atomic mass is 35.5. The number of benzene rings is 4. The molecule has 8 nitrogen and oxygen atoms in total. The minimum absolute atomic E-state index is 0.0308. The fraction of sp³-hybridized carbons (Fsp3) is 0.447. The van der Waals surface area contributed by atoms with Crippen molar-refractivity contribution in [2.45, 2.75) is 53.4 Å². The van der Waals surface area contributed by atoms with Crippen molar-refractivity contribution in [3.05, 3.63) is 124 Å². The molecule has 0 radical (unpaired) electrons. The van der Waals surface area contributed by atoms with Gasteiger partial charge in [0.1, 0.15) is 0 Å². The Hall–Kier alpha value is -3.56. The average Bonchev–Trinajstić information content (AvgIpc) is 3.26. The standard InChI is InChI=1S/C47H55ClF3N5O3S2/c48-39-11-9-37(10-12-39)43-16-18-46(33-52-34-46)30-38(43)31-55-20-22-56(23-21-55)41-13-6-35(7-14-41)28-36-8-15-44(45(29-36)61(57,58)47(49,50)51)53-40(17-19-54-24-26-59-27-25-54)32-60-42-4-2-1-3-5-42/h1-15,29,40,52-53H,16-28,30-34H2. The van der Waals surface area contributed by atoms with Crippen LogP contribution in [0.2, 0.25) is 5.02 Å². The van der Waals surface area contributed by atoms with Crippen LogP contribution in [-0.2, 0) is 21.0 Å². The van der Waals surface area contributed by atoms with Gasteiger partial charge in [0.05, 0.1) is 23.8 Å². The normalized spacial score (nSPS) is 19.5. The van der Waals surface area contributed by atoms with Crippen molar-refractivity contribution in [1.82, 2.24) is 15.1 Å². The molecule has 8 rings (SSSR count). The van der Waals surface area contributed by atoms with E-state index in [1.165, 1.54) is 29.7 Å². The first-order valence-corrected chi connectivity index (χ1v) is 24.2. The lowest BCUT2D eigenvalue weighted by Crippen LogP contribution is -2.55. The molecule has 1 atom stereocenters. The molecule has 3 fully saturated rings. The molecule has 4 aliphatic rings. The molecule has 4 aromatic carbocycles. The lowest BCUT2D eigenvalue weighted by molar-refractivity contribution is -0.0435. The summed E-state index contributed by atoms with van der Waals surface area (Å²) in [5.41, 5.74) is 1.69. The lowest BCUT2D eigenvalue weighted by Gasteiger charge is -2.48. The van der Waals surface area contributed by atoms with Crippen LogP contribution in [0.15, 0.2) is 112 Å². The van der Waals surface area contributed by atoms with Gasteiger partial charge in [-0.3, -0.25) is 9.80 Å². The molecular formula is C47H55ClF3N5O3S2. The molecule has 0 amide bonds. The fourth-order valence-corrected chi connectivity index (χ4v) is 11.2. The van der Waals surface area contributed by atoms with Gasteiger partial charge in [-0.15, -0.1) is 11.8 Å². The molecular weight excluding hydrogens is 839 g/mol. The van der Waals surface area contributed by atoms with E-state index >= 15 is 0 Å². The minimum atomic E-state index is -5.65. The maximum atomic E-state index is 14.2. The van der Waals surface area contributed by atoms with Crippen LogP contribution in [0.3, 0.4) is 0 Å². The summed E-state index contributed by atoms with van der Waals surface area (Å²) < 4.78 is 74.4. The predicted molar refractivity (Wildman–Crippen MR) is 242 cm³/mol. The average molecular weight is 895 g/mol. The Morgan fingerprint density at radius 2 is 1.56 bits per heavy atom. The molecule has 3 aliphatic heterocycles. The SMILES string of the molecule is O=S(=O)(c1cc(Cc2ccc(N3CCN(CC4=C(c5ccc(Cl)cc5)CCC5(CNC5)C4)CC3)cc2)ccc1NC(CCN1CCOCC1)CSc1ccccc1)C(F)(F)F. The van der Waals surface area contributed by atoms with Gasteiger partial charge in [-0.1, -0.05) is 65.7 Å². The van der Waals surface area contributed by atoms with E-state index in [2.05, 4.69) is 49.6 Å². The molecule has 0 saturated carbocycles. The number of hydrogen-bond acceptors (Lipinski definition) is 9. The second kappa shape index (κ2) is 19.5. The van der Waals surface area contributed by atoms with Crippen LogP contribution < -0.4 is 15.5 Å². The zero-order valence-corrected chi connectivity index (χ0v) is 36.8. The van der Waals surface area contributed by atoms with Crippen LogP contribution in [0.4, 0.5) is 24.5 Å². The second-order valence-electron chi connectivity index (χ2n) is 17.0. The molecule has 3 heterocycles. The van der Waals surface area contributed by atoms with Crippen molar-refractivity contribution >= 4 is 50.1 Å². The van der Waals surface area contributed by atoms with E-state index in [1.54, 1.807) is 23.4 Å². The van der Waals surface area contributed by atoms with Gasteiger partial charge in [0, 0.05) is 92.8 Å². The maximum Gasteiger partial charge on any atom is 0.501 e. The Kier molecular flexibility index (Phi) is 14.0. The summed E-state index contributed by atoms with van der Waals surface area (Å²) >= 11 is 7.82. The molecule has 4 aromatic rings. The fourth-order valence-electron chi connectivity index (χ4n) is 9.08. The first kappa shape index (κ1) is 44.1. The summed E-state index contributed by atoms with van der Waals surface area (Å²) in [5.74, 6) is 0.547. The molecule has 1 spiro atoms. The third-order valence-corrected chi connectivity index (χ3v) is 15.7. The zero-order chi connectivity index (χ0) is 42.5. The van der Waals surface area contributed by atoms with Gasteiger partial charge < -0.3 is 20.3 Å². The number of hydrogen-bond donors (Lipinski definition) is 2. The number of alkyl halides is 3. The predicted octanol–water partition coefficient (Wildman–Crippen LogP) is 8.87. The van der Waals surface area contributed by atoms with Gasteiger partial charge in [0.15, 0.2) is 0 Å². The maximum absolute atomic E-state index is 14.2. The highest BCUT2D eigenvalue weighted by Gasteiger charge is 2.48. The van der Waals surface area contributed by atoms with Crippen molar-refractivity contribution in [2.24, 2.45) is 5.41 Å². The number of ether oxygens (including phenoxy) is 1. The molecule has 326 valence electrons.